The van der Waals surface area contributed by atoms with Crippen molar-refractivity contribution in [3.8, 4) is 0 Å². The molecule has 1 aliphatic carbocycles. The van der Waals surface area contributed by atoms with E-state index < -0.39 is 0 Å². The van der Waals surface area contributed by atoms with Crippen molar-refractivity contribution < 1.29 is 0 Å². The minimum Gasteiger partial charge on any atom is -0.330 e. The molecule has 0 aliphatic heterocycles. The van der Waals surface area contributed by atoms with Crippen LogP contribution < -0.4 is 11.1 Å². The Morgan fingerprint density at radius 2 is 1.79 bits per heavy atom. The number of nitrogens with one attached hydrogen (secondary N) is 1. The quantitative estimate of drug-likeness (QED) is 0.798. The van der Waals surface area contributed by atoms with Crippen LogP contribution in [0, 0.1) is 5.92 Å². The normalized spacial score (nSPS) is 24.1. The first-order valence-electron chi connectivity index (χ1n) is 7.79. The van der Waals surface area contributed by atoms with Crippen molar-refractivity contribution in [2.75, 3.05) is 6.54 Å². The Labute approximate surface area is 117 Å². The fourth-order valence-corrected chi connectivity index (χ4v) is 2.94. The van der Waals surface area contributed by atoms with E-state index in [0.29, 0.717) is 6.04 Å². The lowest BCUT2D eigenvalue weighted by Gasteiger charge is -2.16. The van der Waals surface area contributed by atoms with Crippen molar-refractivity contribution >= 4 is 0 Å². The lowest BCUT2D eigenvalue weighted by molar-refractivity contribution is 0.447. The highest BCUT2D eigenvalue weighted by molar-refractivity contribution is 5.22. The Morgan fingerprint density at radius 3 is 2.53 bits per heavy atom. The fraction of sp³-hybridized carbons (Fsp3) is 0.647. The second kappa shape index (κ2) is 7.66. The fourth-order valence-electron chi connectivity index (χ4n) is 2.94. The molecule has 2 atom stereocenters. The molecule has 2 nitrogen and oxygen atoms in total. The monoisotopic (exact) mass is 260 g/mol. The van der Waals surface area contributed by atoms with Crippen LogP contribution in [0.1, 0.15) is 50.2 Å². The van der Waals surface area contributed by atoms with Crippen LogP contribution in [-0.4, -0.2) is 12.6 Å². The second-order valence-electron chi connectivity index (χ2n) is 6.05. The average molecular weight is 260 g/mol. The van der Waals surface area contributed by atoms with Gasteiger partial charge in [-0.3, -0.25) is 0 Å². The van der Waals surface area contributed by atoms with Gasteiger partial charge in [-0.2, -0.15) is 0 Å². The SMILES string of the molecule is CC1CCCC(NCc2ccc(CCN)cc2)CC1. The maximum atomic E-state index is 5.57. The van der Waals surface area contributed by atoms with Gasteiger partial charge in [-0.05, 0) is 49.3 Å². The van der Waals surface area contributed by atoms with E-state index in [1.165, 1.54) is 43.2 Å². The second-order valence-corrected chi connectivity index (χ2v) is 6.05. The first kappa shape index (κ1) is 14.5. The number of hydrogen-bond acceptors (Lipinski definition) is 2. The van der Waals surface area contributed by atoms with Gasteiger partial charge in [-0.1, -0.05) is 44.0 Å². The van der Waals surface area contributed by atoms with Crippen LogP contribution in [0.2, 0.25) is 0 Å². The van der Waals surface area contributed by atoms with E-state index >= 15 is 0 Å². The van der Waals surface area contributed by atoms with E-state index in [4.69, 9.17) is 5.73 Å². The summed E-state index contributed by atoms with van der Waals surface area (Å²) in [6, 6.07) is 9.60. The molecule has 2 unspecified atom stereocenters. The highest BCUT2D eigenvalue weighted by atomic mass is 14.9. The summed E-state index contributed by atoms with van der Waals surface area (Å²) in [5.41, 5.74) is 8.30. The molecule has 106 valence electrons. The van der Waals surface area contributed by atoms with E-state index in [-0.39, 0.29) is 0 Å². The highest BCUT2D eigenvalue weighted by Crippen LogP contribution is 2.22. The van der Waals surface area contributed by atoms with Gasteiger partial charge in [0, 0.05) is 12.6 Å². The topological polar surface area (TPSA) is 38.0 Å². The summed E-state index contributed by atoms with van der Waals surface area (Å²) >= 11 is 0. The predicted octanol–water partition coefficient (Wildman–Crippen LogP) is 3.25. The minimum atomic E-state index is 0.716. The van der Waals surface area contributed by atoms with Gasteiger partial charge in [0.2, 0.25) is 0 Å². The molecule has 3 N–H and O–H groups in total. The van der Waals surface area contributed by atoms with Crippen LogP contribution in [0.25, 0.3) is 0 Å². The third-order valence-electron chi connectivity index (χ3n) is 4.31. The molecule has 0 amide bonds. The number of benzene rings is 1. The molecular formula is C17H28N2. The summed E-state index contributed by atoms with van der Waals surface area (Å²) in [7, 11) is 0. The Morgan fingerprint density at radius 1 is 1.05 bits per heavy atom. The van der Waals surface area contributed by atoms with Gasteiger partial charge in [0.15, 0.2) is 0 Å². The van der Waals surface area contributed by atoms with Crippen molar-refractivity contribution in [1.29, 1.82) is 0 Å². The highest BCUT2D eigenvalue weighted by Gasteiger charge is 2.15. The largest absolute Gasteiger partial charge is 0.330 e. The molecule has 1 saturated carbocycles. The van der Waals surface area contributed by atoms with Crippen molar-refractivity contribution in [3.05, 3.63) is 35.4 Å². The molecule has 1 fully saturated rings. The lowest BCUT2D eigenvalue weighted by atomic mass is 10.0. The Bertz CT molecular complexity index is 358. The average Bonchev–Trinajstić information content (AvgIpc) is 2.63. The van der Waals surface area contributed by atoms with E-state index in [9.17, 15) is 0 Å². The third kappa shape index (κ3) is 4.96. The molecule has 0 saturated heterocycles. The minimum absolute atomic E-state index is 0.716. The van der Waals surface area contributed by atoms with Crippen molar-refractivity contribution in [2.45, 2.75) is 58.0 Å². The van der Waals surface area contributed by atoms with Crippen LogP contribution in [0.3, 0.4) is 0 Å². The van der Waals surface area contributed by atoms with Gasteiger partial charge >= 0.3 is 0 Å². The molecule has 2 heteroatoms. The summed E-state index contributed by atoms with van der Waals surface area (Å²) in [6.45, 7) is 4.12. The van der Waals surface area contributed by atoms with Gasteiger partial charge in [-0.15, -0.1) is 0 Å². The summed E-state index contributed by atoms with van der Waals surface area (Å²) < 4.78 is 0. The van der Waals surface area contributed by atoms with Crippen LogP contribution in [0.15, 0.2) is 24.3 Å². The van der Waals surface area contributed by atoms with Crippen LogP contribution >= 0.6 is 0 Å². The van der Waals surface area contributed by atoms with Crippen LogP contribution in [-0.2, 0) is 13.0 Å². The van der Waals surface area contributed by atoms with Crippen molar-refractivity contribution in [3.63, 3.8) is 0 Å². The smallest absolute Gasteiger partial charge is 0.0208 e. The molecule has 0 aromatic heterocycles. The molecule has 0 bridgehead atoms. The maximum Gasteiger partial charge on any atom is 0.0208 e. The molecule has 1 aliphatic rings. The Balaban J connectivity index is 1.78. The van der Waals surface area contributed by atoms with Crippen molar-refractivity contribution in [1.82, 2.24) is 5.32 Å². The van der Waals surface area contributed by atoms with Gasteiger partial charge in [0.1, 0.15) is 0 Å². The van der Waals surface area contributed by atoms with Crippen LogP contribution in [0.5, 0.6) is 0 Å². The number of nitrogens with two attached hydrogens (primary N) is 1. The predicted molar refractivity (Wildman–Crippen MR) is 82.1 cm³/mol. The van der Waals surface area contributed by atoms with Gasteiger partial charge in [-0.25, -0.2) is 0 Å². The van der Waals surface area contributed by atoms with Gasteiger partial charge in [0.05, 0.1) is 0 Å². The first-order valence-corrected chi connectivity index (χ1v) is 7.79. The molecule has 0 heterocycles. The number of rotatable bonds is 5. The molecule has 19 heavy (non-hydrogen) atoms. The summed E-state index contributed by atoms with van der Waals surface area (Å²) in [4.78, 5) is 0. The summed E-state index contributed by atoms with van der Waals surface area (Å²) in [5, 5.41) is 3.73. The van der Waals surface area contributed by atoms with E-state index in [1.54, 1.807) is 0 Å². The van der Waals surface area contributed by atoms with E-state index in [1.807, 2.05) is 0 Å². The van der Waals surface area contributed by atoms with Crippen LogP contribution in [0.4, 0.5) is 0 Å². The van der Waals surface area contributed by atoms with Gasteiger partial charge in [0.25, 0.3) is 0 Å². The third-order valence-corrected chi connectivity index (χ3v) is 4.31. The maximum absolute atomic E-state index is 5.57. The Hall–Kier alpha value is -0.860. The number of hydrogen-bond donors (Lipinski definition) is 2. The summed E-state index contributed by atoms with van der Waals surface area (Å²) in [5.74, 6) is 0.919. The molecule has 0 radical (unpaired) electrons. The molecular weight excluding hydrogens is 232 g/mol. The molecule has 0 spiro atoms. The molecule has 1 aromatic carbocycles. The van der Waals surface area contributed by atoms with Gasteiger partial charge < -0.3 is 11.1 Å². The zero-order valence-corrected chi connectivity index (χ0v) is 12.2. The first-order chi connectivity index (χ1) is 9.28. The Kier molecular flexibility index (Phi) is 5.87. The summed E-state index contributed by atoms with van der Waals surface area (Å²) in [6.07, 6.45) is 7.84. The zero-order chi connectivity index (χ0) is 13.5. The lowest BCUT2D eigenvalue weighted by Crippen LogP contribution is -2.27. The van der Waals surface area contributed by atoms with Crippen molar-refractivity contribution in [2.24, 2.45) is 11.7 Å². The van der Waals surface area contributed by atoms with E-state index in [2.05, 4.69) is 36.5 Å². The van der Waals surface area contributed by atoms with E-state index in [0.717, 1.165) is 25.4 Å². The standard InChI is InChI=1S/C17H28N2/c1-14-3-2-4-17(10-5-14)19-13-16-8-6-15(7-9-16)11-12-18/h6-9,14,17,19H,2-5,10-13,18H2,1H3. The molecule has 1 aromatic rings. The molecule has 2 rings (SSSR count). The zero-order valence-electron chi connectivity index (χ0n) is 12.2.